The van der Waals surface area contributed by atoms with Gasteiger partial charge in [0.1, 0.15) is 19.0 Å². The maximum absolute atomic E-state index is 12.5. The molecule has 0 radical (unpaired) electrons. The highest BCUT2D eigenvalue weighted by molar-refractivity contribution is 6.30. The molecule has 6 heteroatoms. The van der Waals surface area contributed by atoms with E-state index in [9.17, 15) is 4.79 Å². The Kier molecular flexibility index (Phi) is 6.11. The van der Waals surface area contributed by atoms with Crippen LogP contribution in [0.3, 0.4) is 0 Å². The molecule has 144 valence electrons. The van der Waals surface area contributed by atoms with Gasteiger partial charge < -0.3 is 19.5 Å². The van der Waals surface area contributed by atoms with Crippen LogP contribution in [0.25, 0.3) is 0 Å². The van der Waals surface area contributed by atoms with E-state index in [0.29, 0.717) is 29.7 Å². The summed E-state index contributed by atoms with van der Waals surface area (Å²) in [5.74, 6) is 2.12. The van der Waals surface area contributed by atoms with Crippen LogP contribution in [0.5, 0.6) is 17.2 Å². The highest BCUT2D eigenvalue weighted by atomic mass is 35.5. The summed E-state index contributed by atoms with van der Waals surface area (Å²) in [5, 5.41) is 3.70. The molecule has 0 aliphatic carbocycles. The topological polar surface area (TPSA) is 56.8 Å². The molecule has 2 aromatic rings. The fourth-order valence-electron chi connectivity index (χ4n) is 3.02. The van der Waals surface area contributed by atoms with Crippen molar-refractivity contribution in [2.75, 3.05) is 19.8 Å². The number of hydrogen-bond acceptors (Lipinski definition) is 4. The standard InChI is InChI=1S/C21H24ClNO4/c1-13(2)21(15-4-6-18-19(11-15)26-9-8-25-18)23-20(24)12-27-17-7-5-16(22)10-14(17)3/h4-7,10-11,13,21H,8-9,12H2,1-3H3,(H,23,24)/t21-/m0/s1. The average molecular weight is 390 g/mol. The molecular weight excluding hydrogens is 366 g/mol. The fourth-order valence-corrected chi connectivity index (χ4v) is 3.25. The van der Waals surface area contributed by atoms with E-state index in [4.69, 9.17) is 25.8 Å². The van der Waals surface area contributed by atoms with Gasteiger partial charge >= 0.3 is 0 Å². The molecule has 5 nitrogen and oxygen atoms in total. The summed E-state index contributed by atoms with van der Waals surface area (Å²) in [6, 6.07) is 11.0. The van der Waals surface area contributed by atoms with Gasteiger partial charge in [-0.15, -0.1) is 0 Å². The molecular formula is C21H24ClNO4. The van der Waals surface area contributed by atoms with Gasteiger partial charge in [-0.3, -0.25) is 4.79 Å². The minimum Gasteiger partial charge on any atom is -0.486 e. The van der Waals surface area contributed by atoms with Gasteiger partial charge in [0, 0.05) is 5.02 Å². The quantitative estimate of drug-likeness (QED) is 0.799. The van der Waals surface area contributed by atoms with E-state index in [2.05, 4.69) is 19.2 Å². The Bertz CT molecular complexity index is 822. The molecule has 0 aromatic heterocycles. The normalized spacial score (nSPS) is 14.0. The SMILES string of the molecule is Cc1cc(Cl)ccc1OCC(=O)N[C@H](c1ccc2c(c1)OCCO2)C(C)C. The second kappa shape index (κ2) is 8.53. The summed E-state index contributed by atoms with van der Waals surface area (Å²) < 4.78 is 16.9. The number of carbonyl (C=O) groups excluding carboxylic acids is 1. The maximum Gasteiger partial charge on any atom is 0.258 e. The molecule has 3 rings (SSSR count). The van der Waals surface area contributed by atoms with Crippen molar-refractivity contribution in [2.45, 2.75) is 26.8 Å². The molecule has 0 saturated heterocycles. The van der Waals surface area contributed by atoms with E-state index >= 15 is 0 Å². The van der Waals surface area contributed by atoms with Crippen molar-refractivity contribution in [1.29, 1.82) is 0 Å². The second-order valence-electron chi connectivity index (χ2n) is 6.89. The van der Waals surface area contributed by atoms with Crippen LogP contribution >= 0.6 is 11.6 Å². The van der Waals surface area contributed by atoms with E-state index in [1.54, 1.807) is 18.2 Å². The first-order valence-electron chi connectivity index (χ1n) is 9.02. The fraction of sp³-hybridized carbons (Fsp3) is 0.381. The summed E-state index contributed by atoms with van der Waals surface area (Å²) >= 11 is 5.95. The van der Waals surface area contributed by atoms with Crippen molar-refractivity contribution in [2.24, 2.45) is 5.92 Å². The van der Waals surface area contributed by atoms with Gasteiger partial charge in [0.15, 0.2) is 18.1 Å². The van der Waals surface area contributed by atoms with Gasteiger partial charge in [0.25, 0.3) is 5.91 Å². The second-order valence-corrected chi connectivity index (χ2v) is 7.33. The van der Waals surface area contributed by atoms with Crippen molar-refractivity contribution in [3.05, 3.63) is 52.5 Å². The van der Waals surface area contributed by atoms with Gasteiger partial charge in [-0.05, 0) is 54.3 Å². The summed E-state index contributed by atoms with van der Waals surface area (Å²) in [6.45, 7) is 7.04. The largest absolute Gasteiger partial charge is 0.486 e. The van der Waals surface area contributed by atoms with Crippen molar-refractivity contribution in [1.82, 2.24) is 5.32 Å². The lowest BCUT2D eigenvalue weighted by atomic mass is 9.95. The van der Waals surface area contributed by atoms with E-state index in [1.807, 2.05) is 25.1 Å². The zero-order valence-electron chi connectivity index (χ0n) is 15.8. The molecule has 1 N–H and O–H groups in total. The summed E-state index contributed by atoms with van der Waals surface area (Å²) in [6.07, 6.45) is 0. The van der Waals surface area contributed by atoms with Crippen LogP contribution in [0.15, 0.2) is 36.4 Å². The molecule has 2 aromatic carbocycles. The Balaban J connectivity index is 1.66. The Morgan fingerprint density at radius 2 is 1.89 bits per heavy atom. The number of aryl methyl sites for hydroxylation is 1. The zero-order valence-corrected chi connectivity index (χ0v) is 16.5. The number of amides is 1. The lowest BCUT2D eigenvalue weighted by molar-refractivity contribution is -0.124. The molecule has 0 unspecified atom stereocenters. The minimum absolute atomic E-state index is 0.0593. The molecule has 1 aliphatic heterocycles. The van der Waals surface area contributed by atoms with Crippen LogP contribution in [0.2, 0.25) is 5.02 Å². The Morgan fingerprint density at radius 3 is 2.59 bits per heavy atom. The van der Waals surface area contributed by atoms with Gasteiger partial charge in [-0.1, -0.05) is 31.5 Å². The third-order valence-electron chi connectivity index (χ3n) is 4.40. The number of nitrogens with one attached hydrogen (secondary N) is 1. The Hall–Kier alpha value is -2.40. The highest BCUT2D eigenvalue weighted by Gasteiger charge is 2.21. The number of ether oxygens (including phenoxy) is 3. The molecule has 0 spiro atoms. The van der Waals surface area contributed by atoms with E-state index in [0.717, 1.165) is 16.9 Å². The van der Waals surface area contributed by atoms with Crippen molar-refractivity contribution >= 4 is 17.5 Å². The van der Waals surface area contributed by atoms with Crippen LogP contribution in [0.1, 0.15) is 31.0 Å². The Morgan fingerprint density at radius 1 is 1.15 bits per heavy atom. The lowest BCUT2D eigenvalue weighted by Crippen LogP contribution is -2.35. The Labute approximate surface area is 164 Å². The molecule has 0 fully saturated rings. The maximum atomic E-state index is 12.5. The van der Waals surface area contributed by atoms with Gasteiger partial charge in [-0.25, -0.2) is 0 Å². The smallest absolute Gasteiger partial charge is 0.258 e. The van der Waals surface area contributed by atoms with Gasteiger partial charge in [-0.2, -0.15) is 0 Å². The molecule has 1 aliphatic rings. The van der Waals surface area contributed by atoms with Gasteiger partial charge in [0.05, 0.1) is 6.04 Å². The highest BCUT2D eigenvalue weighted by Crippen LogP contribution is 2.34. The number of fused-ring (bicyclic) bond motifs is 1. The first kappa shape index (κ1) is 19.4. The first-order chi connectivity index (χ1) is 12.9. The van der Waals surface area contributed by atoms with Crippen LogP contribution in [0, 0.1) is 12.8 Å². The predicted molar refractivity (Wildman–Crippen MR) is 105 cm³/mol. The molecule has 1 atom stereocenters. The summed E-state index contributed by atoms with van der Waals surface area (Å²) in [4.78, 5) is 12.5. The van der Waals surface area contributed by atoms with Crippen molar-refractivity contribution in [3.63, 3.8) is 0 Å². The molecule has 27 heavy (non-hydrogen) atoms. The van der Waals surface area contributed by atoms with Crippen molar-refractivity contribution < 1.29 is 19.0 Å². The van der Waals surface area contributed by atoms with Crippen molar-refractivity contribution in [3.8, 4) is 17.2 Å². The number of rotatable bonds is 6. The van der Waals surface area contributed by atoms with Crippen LogP contribution in [-0.2, 0) is 4.79 Å². The predicted octanol–water partition coefficient (Wildman–Crippen LogP) is 4.31. The lowest BCUT2D eigenvalue weighted by Gasteiger charge is -2.25. The number of carbonyl (C=O) groups is 1. The van der Waals surface area contributed by atoms with Crippen LogP contribution in [0.4, 0.5) is 0 Å². The molecule has 1 amide bonds. The number of benzene rings is 2. The number of halogens is 1. The average Bonchev–Trinajstić information content (AvgIpc) is 2.65. The first-order valence-corrected chi connectivity index (χ1v) is 9.39. The zero-order chi connectivity index (χ0) is 19.4. The van der Waals surface area contributed by atoms with E-state index < -0.39 is 0 Å². The molecule has 0 saturated carbocycles. The molecule has 1 heterocycles. The van der Waals surface area contributed by atoms with E-state index in [-0.39, 0.29) is 24.5 Å². The minimum atomic E-state index is -0.182. The third-order valence-corrected chi connectivity index (χ3v) is 4.64. The van der Waals surface area contributed by atoms with Crippen LogP contribution in [-0.4, -0.2) is 25.7 Å². The summed E-state index contributed by atoms with van der Waals surface area (Å²) in [5.41, 5.74) is 1.87. The molecule has 0 bridgehead atoms. The summed E-state index contributed by atoms with van der Waals surface area (Å²) in [7, 11) is 0. The van der Waals surface area contributed by atoms with E-state index in [1.165, 1.54) is 0 Å². The third kappa shape index (κ3) is 4.86. The number of hydrogen-bond donors (Lipinski definition) is 1. The monoisotopic (exact) mass is 389 g/mol. The van der Waals surface area contributed by atoms with Gasteiger partial charge in [0.2, 0.25) is 0 Å². The van der Waals surface area contributed by atoms with Crippen LogP contribution < -0.4 is 19.5 Å².